The average Bonchev–Trinajstić information content (AvgIpc) is 1.67. The van der Waals surface area contributed by atoms with Crippen LogP contribution in [0, 0.1) is 22.1 Å². The quantitative estimate of drug-likeness (QED) is 0.0111. The molecule has 2 aromatic heterocycles. The summed E-state index contributed by atoms with van der Waals surface area (Å²) in [7, 11) is 0. The molecule has 0 saturated carbocycles. The summed E-state index contributed by atoms with van der Waals surface area (Å²) in [5.41, 5.74) is 29.7. The number of hydrogen-bond donors (Lipinski definition) is 34. The fraction of sp³-hybridized carbons (Fsp3) is 0.544. The van der Waals surface area contributed by atoms with Crippen LogP contribution in [0.3, 0.4) is 0 Å². The highest BCUT2D eigenvalue weighted by Crippen LogP contribution is 2.22. The Kier molecular flexibility index (Phi) is 47.0. The SMILES string of the molecule is CC[C@H](C)[C@H](NC(=O)[C@H](CCCCN)NC(=O)[C@H](CCC(=O)O)NC(=O)[C@H](CCCNC(=N)N)NC(=O)[C@H](CCCNC(=N)N)NC(=O)[C@H](Cc1c[nH]c2ccccc12)NC(=O)CNC(=O)[C@H](CCC(=O)O)NC(=O)[C@@H](NC(=O)[C@H](Cc1c[nH]c2ccccc12)NC(=O)CNC(=O)[C@H](CO)NC(=O)[C@@H](N)CO)[C@@H](C)O)C(=O)N[C@@H](CO)C(=O)N[C@@H](CCCNC(=N)N)C(=O)O. The number of benzene rings is 2. The van der Waals surface area contributed by atoms with Crippen LogP contribution in [0.2, 0.25) is 0 Å². The molecule has 39 N–H and O–H groups in total. The number of hydrogen-bond acceptors (Lipinski definition) is 26. The molecule has 0 saturated heterocycles. The van der Waals surface area contributed by atoms with Crippen LogP contribution < -0.4 is 119 Å². The summed E-state index contributed by atoms with van der Waals surface area (Å²) in [6, 6.07) is -8.45. The molecule has 0 aliphatic carbocycles. The van der Waals surface area contributed by atoms with Gasteiger partial charge in [0, 0.05) is 79.5 Å². The number of carboxylic acids is 3. The number of aromatic amines is 2. The number of aliphatic hydroxyl groups excluding tert-OH is 4. The Morgan fingerprint density at radius 1 is 0.385 bits per heavy atom. The number of amides is 14. The maximum atomic E-state index is 15.0. The van der Waals surface area contributed by atoms with Gasteiger partial charge in [-0.2, -0.15) is 0 Å². The van der Waals surface area contributed by atoms with Crippen molar-refractivity contribution in [2.75, 3.05) is 59.1 Å². The first kappa shape index (κ1) is 108. The van der Waals surface area contributed by atoms with Crippen LogP contribution >= 0.6 is 0 Å². The highest BCUT2D eigenvalue weighted by atomic mass is 16.4. The zero-order valence-corrected chi connectivity index (χ0v) is 72.1. The molecule has 14 amide bonds. The number of rotatable bonds is 61. The Morgan fingerprint density at radius 3 is 1.12 bits per heavy atom. The minimum absolute atomic E-state index is 0.0671. The number of nitrogens with two attached hydrogens (primary N) is 5. The number of unbranched alkanes of at least 4 members (excludes halogenated alkanes) is 1. The maximum absolute atomic E-state index is 15.0. The minimum Gasteiger partial charge on any atom is -0.481 e. The van der Waals surface area contributed by atoms with Gasteiger partial charge < -0.3 is 165 Å². The van der Waals surface area contributed by atoms with Crippen molar-refractivity contribution in [2.24, 2.45) is 34.6 Å². The topological polar surface area (TPSA) is 870 Å². The van der Waals surface area contributed by atoms with E-state index in [0.29, 0.717) is 32.9 Å². The molecular formula is C79H123N27O24. The van der Waals surface area contributed by atoms with Crippen LogP contribution in [0.15, 0.2) is 60.9 Å². The van der Waals surface area contributed by atoms with E-state index in [0.717, 1.165) is 6.92 Å². The van der Waals surface area contributed by atoms with Crippen LogP contribution in [-0.2, 0) is 94.3 Å². The molecule has 4 rings (SSSR count). The average molecular weight is 1840 g/mol. The van der Waals surface area contributed by atoms with Gasteiger partial charge in [-0.1, -0.05) is 56.7 Å². The molecule has 0 radical (unpaired) electrons. The molecule has 51 heteroatoms. The number of para-hydroxylation sites is 2. The molecule has 0 aliphatic heterocycles. The van der Waals surface area contributed by atoms with E-state index >= 15 is 4.79 Å². The summed E-state index contributed by atoms with van der Waals surface area (Å²) >= 11 is 0. The van der Waals surface area contributed by atoms with Crippen LogP contribution in [0.1, 0.15) is 122 Å². The Morgan fingerprint density at radius 2 is 0.715 bits per heavy atom. The summed E-state index contributed by atoms with van der Waals surface area (Å²) in [6.45, 7) is -0.525. The first-order valence-electron chi connectivity index (χ1n) is 41.8. The first-order valence-corrected chi connectivity index (χ1v) is 41.8. The normalized spacial score (nSPS) is 14.5. The summed E-state index contributed by atoms with van der Waals surface area (Å²) in [5.74, 6) is -22.1. The van der Waals surface area contributed by atoms with Gasteiger partial charge in [-0.05, 0) is 113 Å². The highest BCUT2D eigenvalue weighted by molar-refractivity contribution is 6.01. The molecule has 0 aliphatic rings. The Bertz CT molecular complexity index is 4570. The summed E-state index contributed by atoms with van der Waals surface area (Å²) in [4.78, 5) is 240. The lowest BCUT2D eigenvalue weighted by molar-refractivity contribution is -0.143. The predicted molar refractivity (Wildman–Crippen MR) is 465 cm³/mol. The molecule has 4 aromatic rings. The van der Waals surface area contributed by atoms with E-state index in [4.69, 9.17) is 44.9 Å². The van der Waals surface area contributed by atoms with Crippen molar-refractivity contribution in [3.8, 4) is 0 Å². The largest absolute Gasteiger partial charge is 0.481 e. The number of aliphatic hydroxyl groups is 4. The van der Waals surface area contributed by atoms with Gasteiger partial charge in [0.25, 0.3) is 0 Å². The molecular weight excluding hydrogens is 1710 g/mol. The van der Waals surface area contributed by atoms with Crippen molar-refractivity contribution >= 4 is 140 Å². The van der Waals surface area contributed by atoms with Crippen molar-refractivity contribution in [3.05, 3.63) is 72.1 Å². The molecule has 51 nitrogen and oxygen atoms in total. The highest BCUT2D eigenvalue weighted by Gasteiger charge is 2.39. The second kappa shape index (κ2) is 56.3. The van der Waals surface area contributed by atoms with Crippen LogP contribution in [0.4, 0.5) is 0 Å². The third-order valence-corrected chi connectivity index (χ3v) is 20.3. The van der Waals surface area contributed by atoms with E-state index in [1.807, 2.05) is 0 Å². The maximum Gasteiger partial charge on any atom is 0.326 e. The second-order valence-electron chi connectivity index (χ2n) is 30.5. The zero-order chi connectivity index (χ0) is 96.9. The first-order chi connectivity index (χ1) is 61.6. The second-order valence-corrected chi connectivity index (χ2v) is 30.5. The van der Waals surface area contributed by atoms with Crippen molar-refractivity contribution in [1.29, 1.82) is 16.2 Å². The number of carboxylic acid groups (broad SMARTS) is 3. The molecule has 0 fully saturated rings. The van der Waals surface area contributed by atoms with Gasteiger partial charge in [0.2, 0.25) is 82.7 Å². The Hall–Kier alpha value is -13.9. The lowest BCUT2D eigenvalue weighted by Crippen LogP contribution is -2.61. The standard InChI is InChI=1S/C79H123N27O24/c1-4-39(2)62(74(127)104-57(38-109)73(126)102-53(76(129)130)21-13-29-90-79(86)87)105-70(123)48(18-9-10-26-80)97-69(122)52(23-25-61(115)116)100-68(121)49(19-11-27-88-77(82)83)98-67(120)50(20-12-28-89-78(84)85)99-71(124)54(30-41-32-91-46-16-7-5-14-43(41)46)95-58(111)34-93-65(118)51(22-24-60(113)114)101-75(128)63(40(3)110)106-72(125)55(31-42-33-92-47-17-8-6-15-44(42)47)96-59(112)35-94-66(119)56(37-108)103-64(117)45(81)36-107/h5-8,14-17,32-33,39-40,45,48-57,62-63,91-92,107-110H,4,9-13,18-31,34-38,80-81H2,1-3H3,(H,93,118)(H,94,119)(H,95,111)(H,96,112)(H,97,122)(H,98,120)(H,99,124)(H,100,121)(H,101,128)(H,102,126)(H,103,117)(H,104,127)(H,105,123)(H,106,125)(H,113,114)(H,115,116)(H,129,130)(H4,82,83,88)(H4,84,85,89)(H4,86,87,90)/t39-,40+,45-,48-,49-,50-,51-,52-,53-,54-,55-,56-,57-,62-,63-/m0/s1. The molecule has 2 aromatic carbocycles. The number of carbonyl (C=O) groups is 17. The van der Waals surface area contributed by atoms with Crippen molar-refractivity contribution in [1.82, 2.24) is 100 Å². The molecule has 0 bridgehead atoms. The number of aliphatic carboxylic acids is 3. The van der Waals surface area contributed by atoms with E-state index in [9.17, 15) is 112 Å². The Balaban J connectivity index is 1.66. The van der Waals surface area contributed by atoms with Gasteiger partial charge in [0.1, 0.15) is 78.5 Å². The number of aromatic nitrogens is 2. The van der Waals surface area contributed by atoms with Crippen LogP contribution in [0.5, 0.6) is 0 Å². The van der Waals surface area contributed by atoms with Gasteiger partial charge in [-0.15, -0.1) is 0 Å². The molecule has 0 unspecified atom stereocenters. The van der Waals surface area contributed by atoms with Crippen LogP contribution in [0.25, 0.3) is 21.8 Å². The lowest BCUT2D eigenvalue weighted by Gasteiger charge is -2.29. The van der Waals surface area contributed by atoms with Crippen molar-refractivity contribution in [3.63, 3.8) is 0 Å². The Labute approximate surface area is 745 Å². The van der Waals surface area contributed by atoms with Gasteiger partial charge in [0.15, 0.2) is 17.9 Å². The summed E-state index contributed by atoms with van der Waals surface area (Å²) < 4.78 is 0. The summed E-state index contributed by atoms with van der Waals surface area (Å²) in [6.07, 6.45) is -2.90. The van der Waals surface area contributed by atoms with Crippen molar-refractivity contribution in [2.45, 2.75) is 208 Å². The minimum atomic E-state index is -2.00. The van der Waals surface area contributed by atoms with Crippen LogP contribution in [-0.4, -0.2) is 308 Å². The number of carbonyl (C=O) groups excluding carboxylic acids is 14. The van der Waals surface area contributed by atoms with Gasteiger partial charge in [0.05, 0.1) is 39.0 Å². The molecule has 2 heterocycles. The molecule has 130 heavy (non-hydrogen) atoms. The van der Waals surface area contributed by atoms with Gasteiger partial charge in [-0.25, -0.2) is 4.79 Å². The molecule has 718 valence electrons. The fourth-order valence-electron chi connectivity index (χ4n) is 13.0. The number of guanidine groups is 3. The van der Waals surface area contributed by atoms with E-state index in [1.165, 1.54) is 12.4 Å². The third-order valence-electron chi connectivity index (χ3n) is 20.3. The number of fused-ring (bicyclic) bond motifs is 2. The van der Waals surface area contributed by atoms with E-state index < -0.39 is 262 Å². The van der Waals surface area contributed by atoms with Gasteiger partial charge >= 0.3 is 17.9 Å². The van der Waals surface area contributed by atoms with Crippen molar-refractivity contribution < 1.29 is 117 Å². The smallest absolute Gasteiger partial charge is 0.326 e. The lowest BCUT2D eigenvalue weighted by atomic mass is 9.97. The number of nitrogens with one attached hydrogen (secondary N) is 22. The van der Waals surface area contributed by atoms with Gasteiger partial charge in [-0.3, -0.25) is 92.9 Å². The van der Waals surface area contributed by atoms with E-state index in [-0.39, 0.29) is 109 Å². The molecule has 15 atom stereocenters. The zero-order valence-electron chi connectivity index (χ0n) is 72.1. The summed E-state index contributed by atoms with van der Waals surface area (Å²) in [5, 5.41) is 135. The van der Waals surface area contributed by atoms with E-state index in [2.05, 4.69) is 100 Å². The number of H-pyrrole nitrogens is 2. The third kappa shape index (κ3) is 37.9. The van der Waals surface area contributed by atoms with E-state index in [1.54, 1.807) is 62.4 Å². The molecule has 0 spiro atoms. The fourth-order valence-corrected chi connectivity index (χ4v) is 13.0. The predicted octanol–water partition coefficient (Wildman–Crippen LogP) is -10.1. The monoisotopic (exact) mass is 1830 g/mol.